The zero-order chi connectivity index (χ0) is 37.4. The molecule has 10 aromatic rings. The molecular weight excluding hydrogens is 611 g/mol. The van der Waals surface area contributed by atoms with Crippen LogP contribution in [-0.2, 0) is 0 Å². The Kier molecular flexibility index (Phi) is 5.35. The Morgan fingerprint density at radius 2 is 0.940 bits per heavy atom. The first-order valence-electron chi connectivity index (χ1n) is 18.9. The van der Waals surface area contributed by atoms with Gasteiger partial charge < -0.3 is 4.57 Å². The first-order valence-corrected chi connectivity index (χ1v) is 16.4. The van der Waals surface area contributed by atoms with E-state index >= 15 is 0 Å². The predicted molar refractivity (Wildman–Crippen MR) is 205 cm³/mol. The molecule has 50 heavy (non-hydrogen) atoms. The van der Waals surface area contributed by atoms with E-state index in [2.05, 4.69) is 95.6 Å². The second kappa shape index (κ2) is 11.4. The monoisotopic (exact) mass is 644 g/mol. The van der Waals surface area contributed by atoms with Crippen LogP contribution in [0.1, 0.15) is 6.85 Å². The number of rotatable bonds is 5. The summed E-state index contributed by atoms with van der Waals surface area (Å²) in [5, 5.41) is 4.20. The molecule has 7 aromatic carbocycles. The summed E-state index contributed by atoms with van der Waals surface area (Å²) in [5.41, 5.74) is 7.60. The third-order valence-corrected chi connectivity index (χ3v) is 9.28. The summed E-state index contributed by atoms with van der Waals surface area (Å²) >= 11 is 0. The van der Waals surface area contributed by atoms with Gasteiger partial charge in [0, 0.05) is 38.2 Å². The van der Waals surface area contributed by atoms with Crippen molar-refractivity contribution in [2.24, 2.45) is 0 Å². The van der Waals surface area contributed by atoms with Gasteiger partial charge in [-0.1, -0.05) is 145 Å². The van der Waals surface area contributed by atoms with E-state index in [9.17, 15) is 0 Å². The second-order valence-corrected chi connectivity index (χ2v) is 12.1. The predicted octanol–water partition coefficient (Wildman–Crippen LogP) is 11.1. The zero-order valence-corrected chi connectivity index (χ0v) is 26.6. The van der Waals surface area contributed by atoms with Crippen molar-refractivity contribution in [3.8, 4) is 45.5 Å². The maximum absolute atomic E-state index is 8.80. The molecule has 5 heteroatoms. The van der Waals surface area contributed by atoms with Crippen LogP contribution in [0.3, 0.4) is 0 Å². The first-order chi connectivity index (χ1) is 26.9. The average molecular weight is 645 g/mol. The molecule has 0 fully saturated rings. The summed E-state index contributed by atoms with van der Waals surface area (Å²) in [6.45, 7) is 0. The van der Waals surface area contributed by atoms with E-state index in [4.69, 9.17) is 21.8 Å². The van der Waals surface area contributed by atoms with Crippen molar-refractivity contribution in [3.05, 3.63) is 176 Å². The van der Waals surface area contributed by atoms with Gasteiger partial charge in [-0.25, -0.2) is 4.98 Å². The average Bonchev–Trinajstić information content (AvgIpc) is 3.74. The van der Waals surface area contributed by atoms with E-state index in [0.29, 0.717) is 11.4 Å². The van der Waals surface area contributed by atoms with Crippen LogP contribution in [0.2, 0.25) is 0 Å². The van der Waals surface area contributed by atoms with Crippen molar-refractivity contribution in [1.29, 1.82) is 0 Å². The molecule has 0 aliphatic heterocycles. The summed E-state index contributed by atoms with van der Waals surface area (Å²) in [5.74, 6) is 0.553. The molecule has 0 saturated carbocycles. The van der Waals surface area contributed by atoms with Gasteiger partial charge in [0.25, 0.3) is 0 Å². The number of hydrogen-bond acceptors (Lipinski definition) is 3. The van der Waals surface area contributed by atoms with Crippen molar-refractivity contribution >= 4 is 43.6 Å². The van der Waals surface area contributed by atoms with E-state index in [1.807, 2.05) is 59.2 Å². The topological polar surface area (TPSA) is 48.5 Å². The molecule has 10 rings (SSSR count). The SMILES string of the molecule is [2H]c1c([2H])c([2H])c(-c2nc(-c3ccccc3)nc(-n3c4ccccc4c4cc5c6ccccc6n(-c6ccccc6-c6ccccc6)c5cc43)n2)c([2H])c1[2H]. The van der Waals surface area contributed by atoms with Crippen LogP contribution in [0.15, 0.2) is 176 Å². The van der Waals surface area contributed by atoms with Crippen molar-refractivity contribution < 1.29 is 6.85 Å². The lowest BCUT2D eigenvalue weighted by atomic mass is 10.0. The fourth-order valence-electron chi connectivity index (χ4n) is 7.09. The van der Waals surface area contributed by atoms with Gasteiger partial charge in [0.15, 0.2) is 11.6 Å². The van der Waals surface area contributed by atoms with Crippen molar-refractivity contribution in [2.45, 2.75) is 0 Å². The number of fused-ring (bicyclic) bond motifs is 6. The third kappa shape index (κ3) is 4.45. The van der Waals surface area contributed by atoms with Crippen LogP contribution < -0.4 is 0 Å². The molecule has 234 valence electrons. The molecule has 0 N–H and O–H groups in total. The molecule has 0 aliphatic rings. The lowest BCUT2D eigenvalue weighted by Gasteiger charge is -2.14. The van der Waals surface area contributed by atoms with Crippen molar-refractivity contribution in [2.75, 3.05) is 0 Å². The summed E-state index contributed by atoms with van der Waals surface area (Å²) in [6.07, 6.45) is 0. The Bertz CT molecular complexity index is 3130. The molecule has 0 amide bonds. The Labute approximate surface area is 295 Å². The number of hydrogen-bond donors (Lipinski definition) is 0. The van der Waals surface area contributed by atoms with E-state index < -0.39 is 18.1 Å². The molecule has 0 radical (unpaired) electrons. The van der Waals surface area contributed by atoms with Gasteiger partial charge in [-0.2, -0.15) is 9.97 Å². The Morgan fingerprint density at radius 1 is 0.400 bits per heavy atom. The highest BCUT2D eigenvalue weighted by molar-refractivity contribution is 6.19. The van der Waals surface area contributed by atoms with Gasteiger partial charge in [-0.05, 0) is 35.9 Å². The summed E-state index contributed by atoms with van der Waals surface area (Å²) < 4.78 is 46.9. The van der Waals surface area contributed by atoms with E-state index in [1.54, 1.807) is 0 Å². The van der Waals surface area contributed by atoms with Gasteiger partial charge in [0.2, 0.25) is 5.95 Å². The fraction of sp³-hybridized carbons (Fsp3) is 0. The lowest BCUT2D eigenvalue weighted by Crippen LogP contribution is -2.06. The third-order valence-electron chi connectivity index (χ3n) is 9.28. The zero-order valence-electron chi connectivity index (χ0n) is 31.6. The minimum Gasteiger partial charge on any atom is -0.309 e. The number of nitrogens with zero attached hydrogens (tertiary/aromatic N) is 5. The maximum atomic E-state index is 8.80. The molecule has 0 atom stereocenters. The molecule has 0 saturated heterocycles. The molecule has 5 nitrogen and oxygen atoms in total. The van der Waals surface area contributed by atoms with Gasteiger partial charge in [0.1, 0.15) is 0 Å². The minimum absolute atomic E-state index is 0.0150. The van der Waals surface area contributed by atoms with Gasteiger partial charge >= 0.3 is 0 Å². The normalized spacial score (nSPS) is 13.0. The van der Waals surface area contributed by atoms with Crippen LogP contribution in [-0.4, -0.2) is 24.1 Å². The van der Waals surface area contributed by atoms with Crippen molar-refractivity contribution in [1.82, 2.24) is 24.1 Å². The van der Waals surface area contributed by atoms with Gasteiger partial charge in [0.05, 0.1) is 34.6 Å². The number of benzene rings is 7. The Balaban J connectivity index is 1.33. The Morgan fingerprint density at radius 3 is 1.64 bits per heavy atom. The van der Waals surface area contributed by atoms with Gasteiger partial charge in [-0.15, -0.1) is 0 Å². The molecule has 0 aliphatic carbocycles. The smallest absolute Gasteiger partial charge is 0.238 e. The number of aromatic nitrogens is 5. The highest BCUT2D eigenvalue weighted by atomic mass is 15.2. The quantitative estimate of drug-likeness (QED) is 0.187. The van der Waals surface area contributed by atoms with E-state index in [0.717, 1.165) is 60.4 Å². The summed E-state index contributed by atoms with van der Waals surface area (Å²) in [4.78, 5) is 14.7. The largest absolute Gasteiger partial charge is 0.309 e. The molecule has 0 spiro atoms. The maximum Gasteiger partial charge on any atom is 0.238 e. The molecule has 3 aromatic heterocycles. The van der Waals surface area contributed by atoms with Crippen LogP contribution in [0.4, 0.5) is 0 Å². The first kappa shape index (κ1) is 23.5. The van der Waals surface area contributed by atoms with Gasteiger partial charge in [-0.3, -0.25) is 4.57 Å². The molecule has 0 unspecified atom stereocenters. The molecular formula is C45H29N5. The van der Waals surface area contributed by atoms with Crippen LogP contribution in [0.25, 0.3) is 89.2 Å². The second-order valence-electron chi connectivity index (χ2n) is 12.1. The number of para-hydroxylation sites is 3. The van der Waals surface area contributed by atoms with E-state index in [1.165, 1.54) is 0 Å². The van der Waals surface area contributed by atoms with E-state index in [-0.39, 0.29) is 29.4 Å². The van der Waals surface area contributed by atoms with Crippen molar-refractivity contribution in [3.63, 3.8) is 0 Å². The summed E-state index contributed by atoms with van der Waals surface area (Å²) in [7, 11) is 0. The Hall–Kier alpha value is -6.85. The molecule has 3 heterocycles. The summed E-state index contributed by atoms with van der Waals surface area (Å²) in [6, 6.07) is 47.0. The minimum atomic E-state index is -0.480. The van der Waals surface area contributed by atoms with Crippen LogP contribution in [0, 0.1) is 0 Å². The highest BCUT2D eigenvalue weighted by Gasteiger charge is 2.21. The van der Waals surface area contributed by atoms with Crippen LogP contribution >= 0.6 is 0 Å². The molecule has 0 bridgehead atoms. The standard InChI is InChI=1S/C45H29N5/c1-4-16-30(17-5-1)33-22-10-13-25-38(33)49-39-26-14-11-23-34(39)36-28-37-35-24-12-15-27-40(35)50(42(37)29-41(36)49)45-47-43(31-18-6-2-7-19-31)46-44(48-45)32-20-8-3-9-21-32/h1-29H/i2D,6D,7D,18D,19D. The lowest BCUT2D eigenvalue weighted by molar-refractivity contribution is 0.953. The van der Waals surface area contributed by atoms with Crippen LogP contribution in [0.5, 0.6) is 0 Å². The highest BCUT2D eigenvalue weighted by Crippen LogP contribution is 2.41. The fourth-order valence-corrected chi connectivity index (χ4v) is 7.09.